The number of aromatic amines is 1. The van der Waals surface area contributed by atoms with Gasteiger partial charge in [-0.3, -0.25) is 5.10 Å². The standard InChI is InChI=1S/C4H6N3O2/c8-2-3-1-4(7-9)6-5-3/h1,8H,2H2,(H2-,5,6,7,9)/q-1. The Morgan fingerprint density at radius 2 is 2.67 bits per heavy atom. The van der Waals surface area contributed by atoms with Crippen LogP contribution in [0.25, 0.3) is 0 Å². The van der Waals surface area contributed by atoms with Crippen LogP contribution in [0.5, 0.6) is 0 Å². The van der Waals surface area contributed by atoms with Gasteiger partial charge in [0.1, 0.15) is 5.82 Å². The minimum atomic E-state index is -0.130. The first kappa shape index (κ1) is 6.06. The van der Waals surface area contributed by atoms with Gasteiger partial charge in [-0.15, -0.1) is 0 Å². The number of aliphatic hydroxyl groups is 1. The van der Waals surface area contributed by atoms with Gasteiger partial charge in [-0.2, -0.15) is 5.10 Å². The fraction of sp³-hybridized carbons (Fsp3) is 0.250. The number of aliphatic hydroxyl groups excluding tert-OH is 1. The van der Waals surface area contributed by atoms with E-state index < -0.39 is 0 Å². The van der Waals surface area contributed by atoms with Crippen molar-refractivity contribution < 1.29 is 5.11 Å². The monoisotopic (exact) mass is 128 g/mol. The van der Waals surface area contributed by atoms with Crippen molar-refractivity contribution in [3.05, 3.63) is 17.0 Å². The first-order chi connectivity index (χ1) is 4.36. The number of aromatic nitrogens is 2. The number of nitrogens with zero attached hydrogens (tertiary/aromatic N) is 1. The van der Waals surface area contributed by atoms with Gasteiger partial charge in [-0.1, -0.05) is 0 Å². The summed E-state index contributed by atoms with van der Waals surface area (Å²) in [6.45, 7) is -0.130. The van der Waals surface area contributed by atoms with Gasteiger partial charge in [0.05, 0.1) is 12.3 Å². The third-order valence-electron chi connectivity index (χ3n) is 0.906. The predicted molar refractivity (Wildman–Crippen MR) is 31.5 cm³/mol. The molecule has 5 nitrogen and oxygen atoms in total. The molecule has 0 spiro atoms. The second kappa shape index (κ2) is 2.47. The molecule has 0 bridgehead atoms. The third-order valence-corrected chi connectivity index (χ3v) is 0.906. The molecular weight excluding hydrogens is 122 g/mol. The molecule has 9 heavy (non-hydrogen) atoms. The van der Waals surface area contributed by atoms with E-state index in [-0.39, 0.29) is 12.4 Å². The number of hydrogen-bond acceptors (Lipinski definition) is 4. The summed E-state index contributed by atoms with van der Waals surface area (Å²) in [5.41, 5.74) is 2.10. The van der Waals surface area contributed by atoms with Crippen LogP contribution in [0.2, 0.25) is 0 Å². The maximum absolute atomic E-state index is 9.85. The second-order valence-corrected chi connectivity index (χ2v) is 1.54. The molecule has 5 heteroatoms. The molecular formula is C4H6N3O2-. The molecule has 3 N–H and O–H groups in total. The van der Waals surface area contributed by atoms with E-state index in [1.165, 1.54) is 6.07 Å². The molecule has 0 fully saturated rings. The third kappa shape index (κ3) is 1.18. The zero-order valence-electron chi connectivity index (χ0n) is 4.59. The minimum Gasteiger partial charge on any atom is -0.760 e. The molecule has 1 aromatic rings. The smallest absolute Gasteiger partial charge is 0.137 e. The molecule has 0 aliphatic heterocycles. The summed E-state index contributed by atoms with van der Waals surface area (Å²) >= 11 is 0. The quantitative estimate of drug-likeness (QED) is 0.482. The SMILES string of the molecule is [O-]Nc1cc(CO)[nH]n1. The fourth-order valence-electron chi connectivity index (χ4n) is 0.495. The van der Waals surface area contributed by atoms with Gasteiger partial charge in [0, 0.05) is 6.07 Å². The second-order valence-electron chi connectivity index (χ2n) is 1.54. The molecule has 50 valence electrons. The van der Waals surface area contributed by atoms with Crippen LogP contribution in [-0.4, -0.2) is 15.3 Å². The lowest BCUT2D eigenvalue weighted by atomic mass is 10.4. The molecule has 0 saturated carbocycles. The molecule has 1 heterocycles. The van der Waals surface area contributed by atoms with Gasteiger partial charge < -0.3 is 15.8 Å². The van der Waals surface area contributed by atoms with Crippen LogP contribution in [-0.2, 0) is 6.61 Å². The van der Waals surface area contributed by atoms with Gasteiger partial charge >= 0.3 is 0 Å². The fourth-order valence-corrected chi connectivity index (χ4v) is 0.495. The van der Waals surface area contributed by atoms with E-state index in [0.29, 0.717) is 5.69 Å². The van der Waals surface area contributed by atoms with E-state index >= 15 is 0 Å². The summed E-state index contributed by atoms with van der Waals surface area (Å²) < 4.78 is 0. The summed E-state index contributed by atoms with van der Waals surface area (Å²) in [5.74, 6) is 0.194. The van der Waals surface area contributed by atoms with Crippen molar-refractivity contribution in [1.82, 2.24) is 10.2 Å². The lowest BCUT2D eigenvalue weighted by molar-refractivity contribution is 0.276. The lowest BCUT2D eigenvalue weighted by Crippen LogP contribution is -1.82. The highest BCUT2D eigenvalue weighted by Crippen LogP contribution is 2.02. The summed E-state index contributed by atoms with van der Waals surface area (Å²) in [6, 6.07) is 1.44. The van der Waals surface area contributed by atoms with Crippen LogP contribution in [0.15, 0.2) is 6.07 Å². The molecule has 0 aromatic carbocycles. The van der Waals surface area contributed by atoms with E-state index in [1.54, 1.807) is 5.48 Å². The van der Waals surface area contributed by atoms with E-state index in [1.807, 2.05) is 0 Å². The van der Waals surface area contributed by atoms with Gasteiger partial charge in [0.25, 0.3) is 0 Å². The molecule has 0 atom stereocenters. The minimum absolute atomic E-state index is 0.130. The highest BCUT2D eigenvalue weighted by Gasteiger charge is 1.92. The molecule has 0 amide bonds. The Bertz CT molecular complexity index is 167. The van der Waals surface area contributed by atoms with Crippen LogP contribution in [0.3, 0.4) is 0 Å². The molecule has 0 aliphatic carbocycles. The van der Waals surface area contributed by atoms with Crippen LogP contribution in [0.4, 0.5) is 5.82 Å². The Balaban J connectivity index is 2.74. The average molecular weight is 128 g/mol. The van der Waals surface area contributed by atoms with Crippen LogP contribution < -0.4 is 5.48 Å². The first-order valence-corrected chi connectivity index (χ1v) is 2.40. The van der Waals surface area contributed by atoms with E-state index in [2.05, 4.69) is 10.2 Å². The predicted octanol–water partition coefficient (Wildman–Crippen LogP) is -0.188. The van der Waals surface area contributed by atoms with Crippen molar-refractivity contribution in [2.45, 2.75) is 6.61 Å². The number of H-pyrrole nitrogens is 1. The maximum Gasteiger partial charge on any atom is 0.137 e. The molecule has 0 unspecified atom stereocenters. The Labute approximate surface area is 51.3 Å². The molecule has 0 radical (unpaired) electrons. The van der Waals surface area contributed by atoms with Crippen molar-refractivity contribution in [2.75, 3.05) is 5.48 Å². The van der Waals surface area contributed by atoms with Crippen LogP contribution in [0, 0.1) is 5.21 Å². The van der Waals surface area contributed by atoms with E-state index in [9.17, 15) is 5.21 Å². The van der Waals surface area contributed by atoms with E-state index in [0.717, 1.165) is 0 Å². The number of rotatable bonds is 2. The van der Waals surface area contributed by atoms with Crippen molar-refractivity contribution in [3.63, 3.8) is 0 Å². The van der Waals surface area contributed by atoms with Gasteiger partial charge in [0.2, 0.25) is 0 Å². The number of hydrogen-bond donors (Lipinski definition) is 3. The average Bonchev–Trinajstić information content (AvgIpc) is 2.34. The Morgan fingerprint density at radius 3 is 3.00 bits per heavy atom. The number of nitrogens with one attached hydrogen (secondary N) is 2. The topological polar surface area (TPSA) is 84.0 Å². The Hall–Kier alpha value is -1.07. The molecule has 1 rings (SSSR count). The van der Waals surface area contributed by atoms with Crippen molar-refractivity contribution >= 4 is 5.82 Å². The summed E-state index contributed by atoms with van der Waals surface area (Å²) in [7, 11) is 0. The highest BCUT2D eigenvalue weighted by molar-refractivity contribution is 5.35. The Kier molecular flexibility index (Phi) is 1.66. The lowest BCUT2D eigenvalue weighted by Gasteiger charge is -2.00. The van der Waals surface area contributed by atoms with E-state index in [4.69, 9.17) is 5.11 Å². The molecule has 1 aromatic heterocycles. The van der Waals surface area contributed by atoms with Gasteiger partial charge in [-0.25, -0.2) is 0 Å². The largest absolute Gasteiger partial charge is 0.760 e. The van der Waals surface area contributed by atoms with Crippen LogP contribution in [0.1, 0.15) is 5.69 Å². The van der Waals surface area contributed by atoms with Crippen LogP contribution >= 0.6 is 0 Å². The maximum atomic E-state index is 9.85. The van der Waals surface area contributed by atoms with Gasteiger partial charge in [-0.05, 0) is 0 Å². The van der Waals surface area contributed by atoms with Crippen molar-refractivity contribution in [3.8, 4) is 0 Å². The zero-order valence-corrected chi connectivity index (χ0v) is 4.59. The first-order valence-electron chi connectivity index (χ1n) is 2.40. The zero-order chi connectivity index (χ0) is 6.69. The highest BCUT2D eigenvalue weighted by atomic mass is 16.5. The van der Waals surface area contributed by atoms with Crippen molar-refractivity contribution in [1.29, 1.82) is 0 Å². The van der Waals surface area contributed by atoms with Crippen molar-refractivity contribution in [2.24, 2.45) is 0 Å². The molecule has 0 saturated heterocycles. The molecule has 0 aliphatic rings. The normalized spacial score (nSPS) is 9.56. The summed E-state index contributed by atoms with van der Waals surface area (Å²) in [4.78, 5) is 0. The number of anilines is 1. The van der Waals surface area contributed by atoms with Gasteiger partial charge in [0.15, 0.2) is 0 Å². The Morgan fingerprint density at radius 1 is 1.89 bits per heavy atom. The summed E-state index contributed by atoms with van der Waals surface area (Å²) in [6.07, 6.45) is 0. The summed E-state index contributed by atoms with van der Waals surface area (Å²) in [5, 5.41) is 24.2.